The minimum absolute atomic E-state index is 0.123. The van der Waals surface area contributed by atoms with E-state index in [4.69, 9.17) is 21.7 Å². The topological polar surface area (TPSA) is 81.5 Å². The van der Waals surface area contributed by atoms with E-state index in [0.29, 0.717) is 29.4 Å². The largest absolute Gasteiger partial charge is 0.493 e. The highest BCUT2D eigenvalue weighted by Gasteiger charge is 2.21. The molecule has 0 aliphatic heterocycles. The van der Waals surface area contributed by atoms with Crippen molar-refractivity contribution in [2.24, 2.45) is 5.10 Å². The molecular weight excluding hydrogens is 352 g/mol. The first-order chi connectivity index (χ1) is 12.3. The van der Waals surface area contributed by atoms with Gasteiger partial charge in [-0.05, 0) is 30.8 Å². The minimum atomic E-state index is -0.431. The zero-order chi connectivity index (χ0) is 19.3. The lowest BCUT2D eigenvalue weighted by Gasteiger charge is -2.16. The molecule has 1 aromatic carbocycles. The van der Waals surface area contributed by atoms with Gasteiger partial charge in [0, 0.05) is 11.0 Å². The van der Waals surface area contributed by atoms with Crippen LogP contribution in [0.2, 0.25) is 0 Å². The van der Waals surface area contributed by atoms with Gasteiger partial charge in [0.05, 0.1) is 19.9 Å². The maximum Gasteiger partial charge on any atom is 0.297 e. The summed E-state index contributed by atoms with van der Waals surface area (Å²) in [6, 6.07) is 5.47. The molecule has 140 valence electrons. The van der Waals surface area contributed by atoms with Crippen LogP contribution in [-0.4, -0.2) is 34.8 Å². The summed E-state index contributed by atoms with van der Waals surface area (Å²) >= 11 is 5.16. The van der Waals surface area contributed by atoms with E-state index in [-0.39, 0.29) is 10.3 Å². The molecule has 1 aromatic heterocycles. The van der Waals surface area contributed by atoms with Crippen LogP contribution in [0.5, 0.6) is 11.5 Å². The van der Waals surface area contributed by atoms with E-state index < -0.39 is 5.41 Å². The molecule has 7 nitrogen and oxygen atoms in total. The third-order valence-corrected chi connectivity index (χ3v) is 3.82. The number of para-hydroxylation sites is 1. The lowest BCUT2D eigenvalue weighted by Crippen LogP contribution is -2.32. The minimum Gasteiger partial charge on any atom is -0.493 e. The van der Waals surface area contributed by atoms with Crippen LogP contribution in [0.15, 0.2) is 28.1 Å². The summed E-state index contributed by atoms with van der Waals surface area (Å²) in [5.41, 5.74) is 0.264. The third kappa shape index (κ3) is 4.37. The van der Waals surface area contributed by atoms with Gasteiger partial charge in [-0.25, -0.2) is 0 Å². The standard InChI is InChI=1S/C18H24N4O3S/c1-6-10-25-14-12(8-7-9-13(14)24-5)11-19-22-16(23)15(18(2,3)4)20-21-17(22)26/h7-9,11H,6,10H2,1-5H3,(H,21,26)/b19-11-. The molecule has 0 unspecified atom stereocenters. The predicted molar refractivity (Wildman–Crippen MR) is 104 cm³/mol. The first-order valence-electron chi connectivity index (χ1n) is 8.36. The van der Waals surface area contributed by atoms with Crippen LogP contribution < -0.4 is 15.0 Å². The van der Waals surface area contributed by atoms with E-state index in [9.17, 15) is 4.79 Å². The summed E-state index contributed by atoms with van der Waals surface area (Å²) in [6.45, 7) is 8.28. The highest BCUT2D eigenvalue weighted by Crippen LogP contribution is 2.30. The molecule has 26 heavy (non-hydrogen) atoms. The van der Waals surface area contributed by atoms with Crippen molar-refractivity contribution >= 4 is 18.4 Å². The Balaban J connectivity index is 2.52. The van der Waals surface area contributed by atoms with Gasteiger partial charge in [0.1, 0.15) is 5.69 Å². The number of H-pyrrole nitrogens is 1. The average molecular weight is 376 g/mol. The van der Waals surface area contributed by atoms with Gasteiger partial charge in [-0.15, -0.1) is 0 Å². The quantitative estimate of drug-likeness (QED) is 0.618. The SMILES string of the molecule is CCCOc1c(/C=N\n2c(=S)[nH]nc(C(C)(C)C)c2=O)cccc1OC. The van der Waals surface area contributed by atoms with Crippen LogP contribution in [0, 0.1) is 4.77 Å². The number of aromatic amines is 1. The number of rotatable bonds is 6. The van der Waals surface area contributed by atoms with Gasteiger partial charge in [-0.2, -0.15) is 14.9 Å². The van der Waals surface area contributed by atoms with Crippen LogP contribution in [0.4, 0.5) is 0 Å². The Bertz CT molecular complexity index is 910. The lowest BCUT2D eigenvalue weighted by molar-refractivity contribution is 0.294. The molecule has 0 aliphatic rings. The zero-order valence-electron chi connectivity index (χ0n) is 15.7. The number of aromatic nitrogens is 3. The number of methoxy groups -OCH3 is 1. The van der Waals surface area contributed by atoms with E-state index >= 15 is 0 Å². The first kappa shape index (κ1) is 19.8. The van der Waals surface area contributed by atoms with Crippen molar-refractivity contribution in [3.05, 3.63) is 44.6 Å². The maximum absolute atomic E-state index is 12.7. The van der Waals surface area contributed by atoms with Crippen molar-refractivity contribution in [2.45, 2.75) is 39.5 Å². The van der Waals surface area contributed by atoms with Crippen molar-refractivity contribution in [2.75, 3.05) is 13.7 Å². The molecular formula is C18H24N4O3S. The van der Waals surface area contributed by atoms with E-state index in [1.54, 1.807) is 7.11 Å². The van der Waals surface area contributed by atoms with Gasteiger partial charge in [0.25, 0.3) is 5.56 Å². The summed E-state index contributed by atoms with van der Waals surface area (Å²) < 4.78 is 12.4. The Labute approximate surface area is 157 Å². The number of nitrogens with one attached hydrogen (secondary N) is 1. The molecule has 1 N–H and O–H groups in total. The summed E-state index contributed by atoms with van der Waals surface area (Å²) in [4.78, 5) is 12.7. The van der Waals surface area contributed by atoms with Crippen molar-refractivity contribution in [3.8, 4) is 11.5 Å². The molecule has 0 aliphatic carbocycles. The second kappa shape index (κ2) is 8.27. The molecule has 1 heterocycles. The molecule has 0 saturated carbocycles. The normalized spacial score (nSPS) is 11.7. The molecule has 2 rings (SSSR count). The molecule has 8 heteroatoms. The molecule has 0 spiro atoms. The molecule has 0 atom stereocenters. The molecule has 0 bridgehead atoms. The Morgan fingerprint density at radius 1 is 1.38 bits per heavy atom. The third-order valence-electron chi connectivity index (χ3n) is 3.55. The van der Waals surface area contributed by atoms with Gasteiger partial charge in [0.15, 0.2) is 11.5 Å². The van der Waals surface area contributed by atoms with E-state index in [1.807, 2.05) is 45.9 Å². The van der Waals surface area contributed by atoms with Crippen LogP contribution in [0.1, 0.15) is 45.4 Å². The highest BCUT2D eigenvalue weighted by atomic mass is 32.1. The second-order valence-electron chi connectivity index (χ2n) is 6.72. The number of benzene rings is 1. The van der Waals surface area contributed by atoms with Gasteiger partial charge in [-0.1, -0.05) is 33.8 Å². The highest BCUT2D eigenvalue weighted by molar-refractivity contribution is 7.71. The van der Waals surface area contributed by atoms with E-state index in [1.165, 1.54) is 6.21 Å². The van der Waals surface area contributed by atoms with Crippen molar-refractivity contribution in [3.63, 3.8) is 0 Å². The van der Waals surface area contributed by atoms with Crippen LogP contribution in [0.25, 0.3) is 0 Å². The van der Waals surface area contributed by atoms with Gasteiger partial charge < -0.3 is 9.47 Å². The summed E-state index contributed by atoms with van der Waals surface area (Å²) in [5.74, 6) is 1.18. The summed E-state index contributed by atoms with van der Waals surface area (Å²) in [5, 5.41) is 11.0. The molecule has 0 radical (unpaired) electrons. The Hall–Kier alpha value is -2.48. The van der Waals surface area contributed by atoms with Crippen molar-refractivity contribution in [1.82, 2.24) is 14.9 Å². The smallest absolute Gasteiger partial charge is 0.297 e. The zero-order valence-corrected chi connectivity index (χ0v) is 16.5. The second-order valence-corrected chi connectivity index (χ2v) is 7.10. The van der Waals surface area contributed by atoms with Gasteiger partial charge >= 0.3 is 0 Å². The molecule has 0 fully saturated rings. The Kier molecular flexibility index (Phi) is 6.31. The number of nitrogens with zero attached hydrogens (tertiary/aromatic N) is 3. The van der Waals surface area contributed by atoms with E-state index in [2.05, 4.69) is 15.3 Å². The van der Waals surface area contributed by atoms with Crippen molar-refractivity contribution in [1.29, 1.82) is 0 Å². The monoisotopic (exact) mass is 376 g/mol. The predicted octanol–water partition coefficient (Wildman–Crippen LogP) is 3.28. The molecule has 2 aromatic rings. The number of hydrogen-bond acceptors (Lipinski definition) is 6. The van der Waals surface area contributed by atoms with Crippen molar-refractivity contribution < 1.29 is 9.47 Å². The average Bonchev–Trinajstić information content (AvgIpc) is 2.58. The van der Waals surface area contributed by atoms with Gasteiger partial charge in [0.2, 0.25) is 4.77 Å². The Morgan fingerprint density at radius 3 is 2.73 bits per heavy atom. The fourth-order valence-electron chi connectivity index (χ4n) is 2.26. The fraction of sp³-hybridized carbons (Fsp3) is 0.444. The number of ether oxygens (including phenoxy) is 2. The van der Waals surface area contributed by atoms with Gasteiger partial charge in [-0.3, -0.25) is 9.89 Å². The van der Waals surface area contributed by atoms with E-state index in [0.717, 1.165) is 11.1 Å². The lowest BCUT2D eigenvalue weighted by atomic mass is 9.93. The van der Waals surface area contributed by atoms with Crippen LogP contribution in [0.3, 0.4) is 0 Å². The summed E-state index contributed by atoms with van der Waals surface area (Å²) in [7, 11) is 1.58. The maximum atomic E-state index is 12.7. The first-order valence-corrected chi connectivity index (χ1v) is 8.76. The molecule has 0 saturated heterocycles. The fourth-order valence-corrected chi connectivity index (χ4v) is 2.43. The Morgan fingerprint density at radius 2 is 2.12 bits per heavy atom. The summed E-state index contributed by atoms with van der Waals surface area (Å²) in [6.07, 6.45) is 2.39. The van der Waals surface area contributed by atoms with Crippen LogP contribution in [-0.2, 0) is 5.41 Å². The van der Waals surface area contributed by atoms with Crippen LogP contribution >= 0.6 is 12.2 Å². The molecule has 0 amide bonds. The number of hydrogen-bond donors (Lipinski definition) is 1.